The predicted molar refractivity (Wildman–Crippen MR) is 134 cm³/mol. The van der Waals surface area contributed by atoms with E-state index in [9.17, 15) is 9.90 Å². The van der Waals surface area contributed by atoms with Gasteiger partial charge in [-0.2, -0.15) is 0 Å². The maximum Gasteiger partial charge on any atom is 0.238 e. The van der Waals surface area contributed by atoms with E-state index in [0.29, 0.717) is 12.3 Å². The molecular weight excluding hydrogens is 430 g/mol. The summed E-state index contributed by atoms with van der Waals surface area (Å²) in [4.78, 5) is 14.7. The van der Waals surface area contributed by atoms with Gasteiger partial charge in [0.2, 0.25) is 5.91 Å². The van der Waals surface area contributed by atoms with Crippen LogP contribution in [0, 0.1) is 0 Å². The SMILES string of the molecule is COc1cccc(NC2CCN(CC(=O)Nc3ccc(Oc4ccccc4)cc3)CC2)c1CO. The van der Waals surface area contributed by atoms with E-state index >= 15 is 0 Å². The predicted octanol–water partition coefficient (Wildman–Crippen LogP) is 4.49. The van der Waals surface area contributed by atoms with Crippen molar-refractivity contribution >= 4 is 17.3 Å². The number of piperidine rings is 1. The molecule has 3 aromatic carbocycles. The van der Waals surface area contributed by atoms with Crippen LogP contribution in [0.1, 0.15) is 18.4 Å². The number of nitrogens with zero attached hydrogens (tertiary/aromatic N) is 1. The number of carbonyl (C=O) groups is 1. The van der Waals surface area contributed by atoms with Gasteiger partial charge in [-0.25, -0.2) is 0 Å². The van der Waals surface area contributed by atoms with Gasteiger partial charge in [0.1, 0.15) is 17.2 Å². The molecular formula is C27H31N3O4. The first-order valence-corrected chi connectivity index (χ1v) is 11.5. The molecule has 0 unspecified atom stereocenters. The van der Waals surface area contributed by atoms with Gasteiger partial charge < -0.3 is 25.2 Å². The topological polar surface area (TPSA) is 83.1 Å². The van der Waals surface area contributed by atoms with Gasteiger partial charge in [-0.15, -0.1) is 0 Å². The number of hydrogen-bond donors (Lipinski definition) is 3. The quantitative estimate of drug-likeness (QED) is 0.435. The minimum atomic E-state index is -0.0786. The molecule has 1 aliphatic heterocycles. The number of ether oxygens (including phenoxy) is 2. The zero-order valence-electron chi connectivity index (χ0n) is 19.4. The van der Waals surface area contributed by atoms with Crippen LogP contribution in [0.15, 0.2) is 72.8 Å². The summed E-state index contributed by atoms with van der Waals surface area (Å²) in [6.07, 6.45) is 1.84. The highest BCUT2D eigenvalue weighted by atomic mass is 16.5. The number of carbonyl (C=O) groups excluding carboxylic acids is 1. The Labute approximate surface area is 200 Å². The van der Waals surface area contributed by atoms with Crippen LogP contribution >= 0.6 is 0 Å². The first-order chi connectivity index (χ1) is 16.6. The van der Waals surface area contributed by atoms with Crippen molar-refractivity contribution in [2.24, 2.45) is 0 Å². The summed E-state index contributed by atoms with van der Waals surface area (Å²) in [6.45, 7) is 1.93. The molecule has 0 radical (unpaired) electrons. The number of benzene rings is 3. The second kappa shape index (κ2) is 11.5. The third-order valence-corrected chi connectivity index (χ3v) is 5.94. The lowest BCUT2D eigenvalue weighted by Gasteiger charge is -2.32. The molecule has 7 nitrogen and oxygen atoms in total. The Hall–Kier alpha value is -3.55. The average molecular weight is 462 g/mol. The molecule has 34 heavy (non-hydrogen) atoms. The number of amides is 1. The molecule has 0 saturated carbocycles. The van der Waals surface area contributed by atoms with Gasteiger partial charge in [0.25, 0.3) is 0 Å². The third kappa shape index (κ3) is 6.27. The fourth-order valence-corrected chi connectivity index (χ4v) is 4.15. The van der Waals surface area contributed by atoms with Crippen molar-refractivity contribution in [3.8, 4) is 17.2 Å². The Balaban J connectivity index is 1.22. The molecule has 1 amide bonds. The molecule has 0 aromatic heterocycles. The Morgan fingerprint density at radius 2 is 1.68 bits per heavy atom. The van der Waals surface area contributed by atoms with Crippen molar-refractivity contribution in [3.63, 3.8) is 0 Å². The van der Waals surface area contributed by atoms with Crippen LogP contribution in [0.2, 0.25) is 0 Å². The smallest absolute Gasteiger partial charge is 0.238 e. The number of methoxy groups -OCH3 is 1. The van der Waals surface area contributed by atoms with E-state index in [4.69, 9.17) is 9.47 Å². The summed E-state index contributed by atoms with van der Waals surface area (Å²) in [5.74, 6) is 2.15. The summed E-state index contributed by atoms with van der Waals surface area (Å²) < 4.78 is 11.1. The molecule has 3 aromatic rings. The maximum absolute atomic E-state index is 12.5. The molecule has 1 saturated heterocycles. The molecule has 4 rings (SSSR count). The average Bonchev–Trinajstić information content (AvgIpc) is 2.87. The van der Waals surface area contributed by atoms with Crippen molar-refractivity contribution < 1.29 is 19.4 Å². The minimum Gasteiger partial charge on any atom is -0.496 e. The monoisotopic (exact) mass is 461 g/mol. The number of hydrogen-bond acceptors (Lipinski definition) is 6. The van der Waals surface area contributed by atoms with E-state index in [0.717, 1.165) is 54.4 Å². The molecule has 0 atom stereocenters. The molecule has 1 aliphatic rings. The van der Waals surface area contributed by atoms with E-state index in [2.05, 4.69) is 15.5 Å². The number of anilines is 2. The molecule has 0 bridgehead atoms. The highest BCUT2D eigenvalue weighted by molar-refractivity contribution is 5.92. The van der Waals surface area contributed by atoms with E-state index in [1.165, 1.54) is 0 Å². The molecule has 3 N–H and O–H groups in total. The number of nitrogens with one attached hydrogen (secondary N) is 2. The fraction of sp³-hybridized carbons (Fsp3) is 0.296. The molecule has 1 heterocycles. The van der Waals surface area contributed by atoms with Crippen LogP contribution in [0.4, 0.5) is 11.4 Å². The Morgan fingerprint density at radius 1 is 0.971 bits per heavy atom. The molecule has 1 fully saturated rings. The van der Waals surface area contributed by atoms with E-state index in [1.54, 1.807) is 7.11 Å². The van der Waals surface area contributed by atoms with Gasteiger partial charge in [-0.3, -0.25) is 9.69 Å². The van der Waals surface area contributed by atoms with Gasteiger partial charge in [0.05, 0.1) is 20.3 Å². The number of rotatable bonds is 9. The third-order valence-electron chi connectivity index (χ3n) is 5.94. The lowest BCUT2D eigenvalue weighted by atomic mass is 10.0. The van der Waals surface area contributed by atoms with E-state index < -0.39 is 0 Å². The van der Waals surface area contributed by atoms with Crippen molar-refractivity contribution in [2.45, 2.75) is 25.5 Å². The number of aliphatic hydroxyl groups is 1. The van der Waals surface area contributed by atoms with Gasteiger partial charge in [-0.05, 0) is 61.4 Å². The van der Waals surface area contributed by atoms with E-state index in [1.807, 2.05) is 72.8 Å². The lowest BCUT2D eigenvalue weighted by molar-refractivity contribution is -0.117. The van der Waals surface area contributed by atoms with Crippen molar-refractivity contribution in [2.75, 3.05) is 37.4 Å². The number of para-hydroxylation sites is 1. The van der Waals surface area contributed by atoms with Crippen LogP contribution in [-0.2, 0) is 11.4 Å². The summed E-state index contributed by atoms with van der Waals surface area (Å²) in [5.41, 5.74) is 2.42. The second-order valence-electron chi connectivity index (χ2n) is 8.33. The van der Waals surface area contributed by atoms with Crippen LogP contribution in [-0.4, -0.2) is 48.7 Å². The van der Waals surface area contributed by atoms with Gasteiger partial charge in [0.15, 0.2) is 0 Å². The summed E-state index contributed by atoms with van der Waals surface area (Å²) in [5, 5.41) is 16.2. The normalized spacial score (nSPS) is 14.4. The van der Waals surface area contributed by atoms with Crippen LogP contribution < -0.4 is 20.1 Å². The zero-order chi connectivity index (χ0) is 23.8. The number of likely N-dealkylation sites (tertiary alicyclic amines) is 1. The highest BCUT2D eigenvalue weighted by Crippen LogP contribution is 2.28. The first kappa shape index (κ1) is 23.6. The van der Waals surface area contributed by atoms with Crippen LogP contribution in [0.3, 0.4) is 0 Å². The Morgan fingerprint density at radius 3 is 2.35 bits per heavy atom. The van der Waals surface area contributed by atoms with Crippen LogP contribution in [0.5, 0.6) is 17.2 Å². The summed E-state index contributed by atoms with van der Waals surface area (Å²) in [6, 6.07) is 23.0. The minimum absolute atomic E-state index is 0.0292. The first-order valence-electron chi connectivity index (χ1n) is 11.5. The van der Waals surface area contributed by atoms with Crippen LogP contribution in [0.25, 0.3) is 0 Å². The van der Waals surface area contributed by atoms with E-state index in [-0.39, 0.29) is 18.6 Å². The maximum atomic E-state index is 12.5. The van der Waals surface area contributed by atoms with Gasteiger partial charge in [0, 0.05) is 36.1 Å². The lowest BCUT2D eigenvalue weighted by Crippen LogP contribution is -2.42. The molecule has 7 heteroatoms. The van der Waals surface area contributed by atoms with Gasteiger partial charge >= 0.3 is 0 Å². The second-order valence-corrected chi connectivity index (χ2v) is 8.33. The molecule has 0 aliphatic carbocycles. The molecule has 178 valence electrons. The Bertz CT molecular complexity index is 1060. The van der Waals surface area contributed by atoms with Crippen molar-refractivity contribution in [3.05, 3.63) is 78.4 Å². The number of aliphatic hydroxyl groups excluding tert-OH is 1. The molecule has 0 spiro atoms. The Kier molecular flexibility index (Phi) is 8.01. The highest BCUT2D eigenvalue weighted by Gasteiger charge is 2.22. The zero-order valence-corrected chi connectivity index (χ0v) is 19.4. The standard InChI is InChI=1S/C27H31N3O4/c1-33-26-9-5-8-25(24(26)19-31)28-21-14-16-30(17-15-21)18-27(32)29-20-10-12-23(13-11-20)34-22-6-3-2-4-7-22/h2-13,21,28,31H,14-19H2,1H3,(H,29,32). The van der Waals surface area contributed by atoms with Gasteiger partial charge in [-0.1, -0.05) is 24.3 Å². The van der Waals surface area contributed by atoms with Crippen molar-refractivity contribution in [1.82, 2.24) is 4.90 Å². The fourth-order valence-electron chi connectivity index (χ4n) is 4.15. The largest absolute Gasteiger partial charge is 0.496 e. The van der Waals surface area contributed by atoms with Crippen molar-refractivity contribution in [1.29, 1.82) is 0 Å². The summed E-state index contributed by atoms with van der Waals surface area (Å²) in [7, 11) is 1.61. The summed E-state index contributed by atoms with van der Waals surface area (Å²) >= 11 is 0.